The van der Waals surface area contributed by atoms with Crippen LogP contribution < -0.4 is 5.01 Å². The van der Waals surface area contributed by atoms with Gasteiger partial charge in [0.15, 0.2) is 10.7 Å². The Morgan fingerprint density at radius 2 is 1.50 bits per heavy atom. The highest BCUT2D eigenvalue weighted by molar-refractivity contribution is 5.67. The van der Waals surface area contributed by atoms with E-state index in [2.05, 4.69) is 0 Å². The highest BCUT2D eigenvalue weighted by Gasteiger charge is 2.28. The number of hydrazine groups is 1. The first kappa shape index (κ1) is 13.3. The number of nitro groups is 3. The zero-order chi connectivity index (χ0) is 14.0. The van der Waals surface area contributed by atoms with Crippen LogP contribution in [0.4, 0.5) is 17.1 Å². The van der Waals surface area contributed by atoms with Crippen LogP contribution in [-0.2, 0) is 0 Å². The fourth-order valence-electron chi connectivity index (χ4n) is 1.36. The van der Waals surface area contributed by atoms with Crippen LogP contribution in [0.5, 0.6) is 0 Å². The average Bonchev–Trinajstić information content (AvgIpc) is 2.26. The molecule has 1 rings (SSSR count). The average molecular weight is 256 g/mol. The fraction of sp³-hybridized carbons (Fsp3) is 0.250. The van der Waals surface area contributed by atoms with Crippen LogP contribution in [0.1, 0.15) is 5.56 Å². The zero-order valence-electron chi connectivity index (χ0n) is 9.39. The first-order valence-electron chi connectivity index (χ1n) is 4.57. The minimum absolute atomic E-state index is 0.106. The Balaban J connectivity index is 3.52. The van der Waals surface area contributed by atoms with Crippen molar-refractivity contribution in [3.05, 3.63) is 48.0 Å². The molecule has 18 heavy (non-hydrogen) atoms. The topological polar surface area (TPSA) is 133 Å². The molecular formula is C8H8N4O6. The summed E-state index contributed by atoms with van der Waals surface area (Å²) in [6, 6.07) is 1.75. The summed E-state index contributed by atoms with van der Waals surface area (Å²) in [5.74, 6) is 0. The number of aryl methyl sites for hydroxylation is 1. The molecule has 10 nitrogen and oxygen atoms in total. The van der Waals surface area contributed by atoms with E-state index in [9.17, 15) is 30.3 Å². The number of benzene rings is 1. The standard InChI is InChI=1S/C8H8N4O6/c1-5-3-7(9(2)12(17)18)8(11(15)16)4-6(5)10(13)14/h3-4H,1-2H3. The zero-order valence-corrected chi connectivity index (χ0v) is 9.39. The Hall–Kier alpha value is -2.78. The highest BCUT2D eigenvalue weighted by atomic mass is 16.7. The molecule has 0 atom stereocenters. The van der Waals surface area contributed by atoms with E-state index in [1.165, 1.54) is 6.92 Å². The summed E-state index contributed by atoms with van der Waals surface area (Å²) in [4.78, 5) is 30.3. The maximum absolute atomic E-state index is 10.8. The molecule has 1 aromatic carbocycles. The van der Waals surface area contributed by atoms with Gasteiger partial charge in [0, 0.05) is 5.56 Å². The van der Waals surface area contributed by atoms with Crippen molar-refractivity contribution in [1.29, 1.82) is 0 Å². The van der Waals surface area contributed by atoms with E-state index >= 15 is 0 Å². The van der Waals surface area contributed by atoms with Crippen molar-refractivity contribution < 1.29 is 14.9 Å². The molecule has 0 aliphatic rings. The summed E-state index contributed by atoms with van der Waals surface area (Å²) in [5, 5.41) is 31.6. The molecule has 0 aliphatic heterocycles. The largest absolute Gasteiger partial charge is 0.305 e. The molecule has 0 aliphatic carbocycles. The molecule has 0 fully saturated rings. The Kier molecular flexibility index (Phi) is 3.40. The van der Waals surface area contributed by atoms with Crippen LogP contribution in [0.3, 0.4) is 0 Å². The van der Waals surface area contributed by atoms with Crippen molar-refractivity contribution in [2.45, 2.75) is 6.92 Å². The number of nitrogens with zero attached hydrogens (tertiary/aromatic N) is 4. The van der Waals surface area contributed by atoms with E-state index in [0.717, 1.165) is 13.1 Å². The van der Waals surface area contributed by atoms with Gasteiger partial charge in [-0.2, -0.15) is 0 Å². The van der Waals surface area contributed by atoms with E-state index in [4.69, 9.17) is 0 Å². The lowest BCUT2D eigenvalue weighted by molar-refractivity contribution is -0.491. The lowest BCUT2D eigenvalue weighted by Gasteiger charge is -2.09. The predicted octanol–water partition coefficient (Wildman–Crippen LogP) is 1.44. The summed E-state index contributed by atoms with van der Waals surface area (Å²) in [6.45, 7) is 1.35. The molecule has 0 N–H and O–H groups in total. The van der Waals surface area contributed by atoms with Crippen LogP contribution in [-0.4, -0.2) is 21.9 Å². The summed E-state index contributed by atoms with van der Waals surface area (Å²) >= 11 is 0. The van der Waals surface area contributed by atoms with Gasteiger partial charge in [-0.05, 0) is 13.0 Å². The third-order valence-electron chi connectivity index (χ3n) is 2.28. The molecule has 0 heterocycles. The normalized spacial score (nSPS) is 9.89. The van der Waals surface area contributed by atoms with Crippen LogP contribution >= 0.6 is 0 Å². The Morgan fingerprint density at radius 1 is 1.00 bits per heavy atom. The van der Waals surface area contributed by atoms with E-state index in [1.807, 2.05) is 0 Å². The third kappa shape index (κ3) is 2.31. The molecule has 0 saturated carbocycles. The van der Waals surface area contributed by atoms with Gasteiger partial charge in [0.2, 0.25) is 0 Å². The number of anilines is 1. The molecular weight excluding hydrogens is 248 g/mol. The number of rotatable bonds is 4. The van der Waals surface area contributed by atoms with Crippen LogP contribution in [0.25, 0.3) is 0 Å². The molecule has 1 aromatic rings. The highest BCUT2D eigenvalue weighted by Crippen LogP contribution is 2.34. The van der Waals surface area contributed by atoms with Gasteiger partial charge in [-0.25, -0.2) is 10.1 Å². The molecule has 96 valence electrons. The van der Waals surface area contributed by atoms with Gasteiger partial charge in [-0.1, -0.05) is 5.01 Å². The molecule has 0 spiro atoms. The molecule has 0 bridgehead atoms. The van der Waals surface area contributed by atoms with Gasteiger partial charge in [0.05, 0.1) is 23.0 Å². The smallest absolute Gasteiger partial charge is 0.258 e. The van der Waals surface area contributed by atoms with Crippen LogP contribution in [0.2, 0.25) is 0 Å². The number of hydrogen-bond acceptors (Lipinski definition) is 6. The van der Waals surface area contributed by atoms with E-state index in [0.29, 0.717) is 11.1 Å². The van der Waals surface area contributed by atoms with Crippen molar-refractivity contribution >= 4 is 17.1 Å². The Bertz CT molecular complexity index is 543. The van der Waals surface area contributed by atoms with Gasteiger partial charge < -0.3 is 0 Å². The number of nitro benzene ring substituents is 2. The summed E-state index contributed by atoms with van der Waals surface area (Å²) in [7, 11) is 1.02. The van der Waals surface area contributed by atoms with Crippen LogP contribution in [0.15, 0.2) is 12.1 Å². The summed E-state index contributed by atoms with van der Waals surface area (Å²) < 4.78 is 0. The molecule has 10 heteroatoms. The first-order valence-corrected chi connectivity index (χ1v) is 4.57. The lowest BCUT2D eigenvalue weighted by Crippen LogP contribution is -2.25. The quantitative estimate of drug-likeness (QED) is 0.587. The van der Waals surface area contributed by atoms with Gasteiger partial charge in [-0.15, -0.1) is 0 Å². The van der Waals surface area contributed by atoms with E-state index < -0.39 is 26.3 Å². The second-order valence-electron chi connectivity index (χ2n) is 3.40. The van der Waals surface area contributed by atoms with Gasteiger partial charge in [0.1, 0.15) is 0 Å². The molecule has 0 saturated heterocycles. The van der Waals surface area contributed by atoms with Gasteiger partial charge in [0.25, 0.3) is 5.69 Å². The minimum Gasteiger partial charge on any atom is -0.258 e. The lowest BCUT2D eigenvalue weighted by atomic mass is 10.1. The Morgan fingerprint density at radius 3 is 1.89 bits per heavy atom. The maximum atomic E-state index is 10.8. The van der Waals surface area contributed by atoms with E-state index in [1.54, 1.807) is 0 Å². The van der Waals surface area contributed by atoms with Crippen molar-refractivity contribution in [3.8, 4) is 0 Å². The molecule has 0 radical (unpaired) electrons. The second-order valence-corrected chi connectivity index (χ2v) is 3.40. The van der Waals surface area contributed by atoms with Gasteiger partial charge >= 0.3 is 5.69 Å². The van der Waals surface area contributed by atoms with Gasteiger partial charge in [-0.3, -0.25) is 20.2 Å². The first-order chi connectivity index (χ1) is 8.25. The maximum Gasteiger partial charge on any atom is 0.305 e. The summed E-state index contributed by atoms with van der Waals surface area (Å²) in [5.41, 5.74) is -1.35. The summed E-state index contributed by atoms with van der Waals surface area (Å²) in [6.07, 6.45) is 0. The fourth-order valence-corrected chi connectivity index (χ4v) is 1.36. The molecule has 0 amide bonds. The number of hydrogen-bond donors (Lipinski definition) is 0. The Labute approximate surface area is 99.9 Å². The monoisotopic (exact) mass is 256 g/mol. The molecule has 0 unspecified atom stereocenters. The van der Waals surface area contributed by atoms with Crippen molar-refractivity contribution in [3.63, 3.8) is 0 Å². The van der Waals surface area contributed by atoms with Crippen molar-refractivity contribution in [2.24, 2.45) is 0 Å². The predicted molar refractivity (Wildman–Crippen MR) is 59.9 cm³/mol. The van der Waals surface area contributed by atoms with Crippen LogP contribution in [0, 0.1) is 37.3 Å². The SMILES string of the molecule is Cc1cc(N(C)[N+](=O)[O-])c([N+](=O)[O-])cc1[N+](=O)[O-]. The minimum atomic E-state index is -0.901. The molecule has 0 aromatic heterocycles. The second kappa shape index (κ2) is 4.61. The third-order valence-corrected chi connectivity index (χ3v) is 2.28. The van der Waals surface area contributed by atoms with E-state index in [-0.39, 0.29) is 11.3 Å². The van der Waals surface area contributed by atoms with Crippen molar-refractivity contribution in [1.82, 2.24) is 0 Å². The van der Waals surface area contributed by atoms with Crippen molar-refractivity contribution in [2.75, 3.05) is 12.1 Å².